The molecule has 0 atom stereocenters. The Kier molecular flexibility index (Phi) is 14.5. The van der Waals surface area contributed by atoms with E-state index in [4.69, 9.17) is 0 Å². The van der Waals surface area contributed by atoms with Crippen LogP contribution in [0.15, 0.2) is 36.5 Å². The molecule has 18 heavy (non-hydrogen) atoms. The van der Waals surface area contributed by atoms with E-state index in [1.54, 1.807) is 0 Å². The summed E-state index contributed by atoms with van der Waals surface area (Å²) in [5.41, 5.74) is 0. The summed E-state index contributed by atoms with van der Waals surface area (Å²) in [4.78, 5) is 9.88. The Morgan fingerprint density at radius 1 is 0.833 bits per heavy atom. The van der Waals surface area contributed by atoms with Crippen LogP contribution in [0.4, 0.5) is 0 Å². The van der Waals surface area contributed by atoms with E-state index in [-0.39, 0.29) is 0 Å². The smallest absolute Gasteiger partial charge is 0.293 e. The first kappa shape index (κ1) is 16.7. The monoisotopic (exact) mass is 250 g/mol. The zero-order chi connectivity index (χ0) is 13.3. The molecule has 0 N–H and O–H groups in total. The van der Waals surface area contributed by atoms with Gasteiger partial charge in [-0.15, -0.1) is 0 Å². The third kappa shape index (κ3) is 14.7. The Labute approximate surface area is 111 Å². The topological polar surface area (TPSA) is 26.3 Å². The Bertz CT molecular complexity index is 252. The summed E-state index contributed by atoms with van der Waals surface area (Å²) in [7, 11) is 0. The molecule has 2 heteroatoms. The second-order valence-electron chi connectivity index (χ2n) is 4.11. The molecule has 0 unspecified atom stereocenters. The Morgan fingerprint density at radius 3 is 2.17 bits per heavy atom. The molecule has 0 aromatic carbocycles. The van der Waals surface area contributed by atoms with E-state index in [9.17, 15) is 4.79 Å². The van der Waals surface area contributed by atoms with Gasteiger partial charge in [0.15, 0.2) is 0 Å². The van der Waals surface area contributed by atoms with Crippen molar-refractivity contribution in [3.63, 3.8) is 0 Å². The maximum atomic E-state index is 9.88. The molecule has 0 spiro atoms. The quantitative estimate of drug-likeness (QED) is 0.288. The Hall–Kier alpha value is -1.31. The molecule has 0 aliphatic rings. The lowest BCUT2D eigenvalue weighted by atomic mass is 10.2. The van der Waals surface area contributed by atoms with E-state index in [0.717, 1.165) is 38.5 Å². The highest BCUT2D eigenvalue weighted by molar-refractivity contribution is 5.36. The van der Waals surface area contributed by atoms with Crippen molar-refractivity contribution in [1.29, 1.82) is 0 Å². The molecule has 0 saturated carbocycles. The summed E-state index contributed by atoms with van der Waals surface area (Å²) in [6.07, 6.45) is 20.8. The van der Waals surface area contributed by atoms with E-state index >= 15 is 0 Å². The largest absolute Gasteiger partial charge is 0.468 e. The SMILES string of the molecule is CCC=CCC=CCC=CCCCCCOC=O. The van der Waals surface area contributed by atoms with Gasteiger partial charge < -0.3 is 4.74 Å². The summed E-state index contributed by atoms with van der Waals surface area (Å²) < 4.78 is 4.62. The van der Waals surface area contributed by atoms with Gasteiger partial charge in [0, 0.05) is 0 Å². The average Bonchev–Trinajstić information content (AvgIpc) is 2.39. The van der Waals surface area contributed by atoms with Gasteiger partial charge in [-0.2, -0.15) is 0 Å². The minimum Gasteiger partial charge on any atom is -0.468 e. The minimum absolute atomic E-state index is 0.516. The van der Waals surface area contributed by atoms with Gasteiger partial charge in [0.05, 0.1) is 6.61 Å². The van der Waals surface area contributed by atoms with Crippen molar-refractivity contribution in [2.75, 3.05) is 6.61 Å². The molecule has 0 radical (unpaired) electrons. The van der Waals surface area contributed by atoms with Crippen molar-refractivity contribution in [1.82, 2.24) is 0 Å². The first-order chi connectivity index (χ1) is 8.91. The second kappa shape index (κ2) is 15.7. The van der Waals surface area contributed by atoms with Gasteiger partial charge in [0.2, 0.25) is 0 Å². The summed E-state index contributed by atoms with van der Waals surface area (Å²) in [6, 6.07) is 0. The van der Waals surface area contributed by atoms with E-state index < -0.39 is 0 Å². The predicted molar refractivity (Wildman–Crippen MR) is 77.4 cm³/mol. The minimum atomic E-state index is 0.516. The lowest BCUT2D eigenvalue weighted by Gasteiger charge is -1.97. The third-order valence-corrected chi connectivity index (χ3v) is 2.48. The van der Waals surface area contributed by atoms with Crippen LogP contribution in [-0.4, -0.2) is 13.1 Å². The van der Waals surface area contributed by atoms with Crippen molar-refractivity contribution >= 4 is 6.47 Å². The molecule has 2 nitrogen and oxygen atoms in total. The van der Waals surface area contributed by atoms with Gasteiger partial charge in [0.25, 0.3) is 6.47 Å². The number of hydrogen-bond donors (Lipinski definition) is 0. The van der Waals surface area contributed by atoms with Crippen LogP contribution < -0.4 is 0 Å². The Balaban J connectivity index is 3.22. The van der Waals surface area contributed by atoms with Crippen LogP contribution in [0.25, 0.3) is 0 Å². The first-order valence-electron chi connectivity index (χ1n) is 6.92. The standard InChI is InChI=1S/C16H26O2/c1-2-3-4-5-6-7-8-9-10-11-12-13-14-15-18-16-17/h3-4,6-7,9-10,16H,2,5,8,11-15H2,1H3. The molecule has 0 fully saturated rings. The average molecular weight is 250 g/mol. The number of carbonyl (C=O) groups excluding carboxylic acids is 1. The maximum Gasteiger partial charge on any atom is 0.293 e. The highest BCUT2D eigenvalue weighted by Crippen LogP contribution is 2.01. The fourth-order valence-corrected chi connectivity index (χ4v) is 1.50. The van der Waals surface area contributed by atoms with Gasteiger partial charge >= 0.3 is 0 Å². The van der Waals surface area contributed by atoms with E-state index in [1.807, 2.05) is 0 Å². The number of carbonyl (C=O) groups is 1. The van der Waals surface area contributed by atoms with Crippen molar-refractivity contribution in [3.05, 3.63) is 36.5 Å². The molecule has 0 bridgehead atoms. The van der Waals surface area contributed by atoms with Gasteiger partial charge in [-0.1, -0.05) is 43.4 Å². The molecule has 0 aromatic heterocycles. The summed E-state index contributed by atoms with van der Waals surface area (Å²) in [6.45, 7) is 3.22. The highest BCUT2D eigenvalue weighted by atomic mass is 16.5. The van der Waals surface area contributed by atoms with E-state index in [1.165, 1.54) is 6.42 Å². The fourth-order valence-electron chi connectivity index (χ4n) is 1.50. The van der Waals surface area contributed by atoms with Crippen LogP contribution in [0.2, 0.25) is 0 Å². The fraction of sp³-hybridized carbons (Fsp3) is 0.562. The van der Waals surface area contributed by atoms with Crippen LogP contribution in [0, 0.1) is 0 Å². The van der Waals surface area contributed by atoms with E-state index in [2.05, 4.69) is 48.1 Å². The molecule has 0 saturated heterocycles. The van der Waals surface area contributed by atoms with Gasteiger partial charge in [0.1, 0.15) is 0 Å². The molecule has 0 heterocycles. The molecular weight excluding hydrogens is 224 g/mol. The van der Waals surface area contributed by atoms with Crippen LogP contribution in [0.3, 0.4) is 0 Å². The summed E-state index contributed by atoms with van der Waals surface area (Å²) in [5, 5.41) is 0. The number of ether oxygens (including phenoxy) is 1. The van der Waals surface area contributed by atoms with Crippen molar-refractivity contribution in [2.45, 2.75) is 51.9 Å². The number of allylic oxidation sites excluding steroid dienone is 6. The van der Waals surface area contributed by atoms with Crippen molar-refractivity contribution in [2.24, 2.45) is 0 Å². The Morgan fingerprint density at radius 2 is 1.50 bits per heavy atom. The number of hydrogen-bond acceptors (Lipinski definition) is 2. The maximum absolute atomic E-state index is 9.88. The van der Waals surface area contributed by atoms with Gasteiger partial charge in [-0.3, -0.25) is 4.79 Å². The summed E-state index contributed by atoms with van der Waals surface area (Å²) >= 11 is 0. The van der Waals surface area contributed by atoms with Crippen LogP contribution >= 0.6 is 0 Å². The molecule has 102 valence electrons. The third-order valence-electron chi connectivity index (χ3n) is 2.48. The van der Waals surface area contributed by atoms with Gasteiger partial charge in [-0.05, 0) is 44.9 Å². The number of rotatable bonds is 12. The van der Waals surface area contributed by atoms with Crippen LogP contribution in [0.1, 0.15) is 51.9 Å². The molecule has 0 aliphatic carbocycles. The zero-order valence-corrected chi connectivity index (χ0v) is 11.5. The molecule has 0 amide bonds. The lowest BCUT2D eigenvalue weighted by molar-refractivity contribution is -0.128. The summed E-state index contributed by atoms with van der Waals surface area (Å²) in [5.74, 6) is 0. The normalized spacial score (nSPS) is 11.8. The molecule has 0 aromatic rings. The van der Waals surface area contributed by atoms with E-state index in [0.29, 0.717) is 13.1 Å². The molecule has 0 aliphatic heterocycles. The molecular formula is C16H26O2. The molecule has 0 rings (SSSR count). The van der Waals surface area contributed by atoms with Crippen molar-refractivity contribution < 1.29 is 9.53 Å². The first-order valence-corrected chi connectivity index (χ1v) is 6.92. The second-order valence-corrected chi connectivity index (χ2v) is 4.11. The van der Waals surface area contributed by atoms with Gasteiger partial charge in [-0.25, -0.2) is 0 Å². The predicted octanol–water partition coefficient (Wildman–Crippen LogP) is 4.58. The van der Waals surface area contributed by atoms with Crippen LogP contribution in [0.5, 0.6) is 0 Å². The van der Waals surface area contributed by atoms with Crippen LogP contribution in [-0.2, 0) is 9.53 Å². The number of unbranched alkanes of at least 4 members (excludes halogenated alkanes) is 3. The lowest BCUT2D eigenvalue weighted by Crippen LogP contribution is -1.90. The highest BCUT2D eigenvalue weighted by Gasteiger charge is 1.87. The zero-order valence-electron chi connectivity index (χ0n) is 11.5. The van der Waals surface area contributed by atoms with Crippen molar-refractivity contribution in [3.8, 4) is 0 Å².